The minimum Gasteiger partial charge on any atom is -0.346 e. The van der Waals surface area contributed by atoms with Gasteiger partial charge in [0.15, 0.2) is 16.8 Å². The van der Waals surface area contributed by atoms with Crippen molar-refractivity contribution in [1.29, 1.82) is 0 Å². The van der Waals surface area contributed by atoms with Crippen LogP contribution in [-0.4, -0.2) is 38.9 Å². The number of nitrogens with one attached hydrogen (secondary N) is 3. The first-order valence-corrected chi connectivity index (χ1v) is 10.2. The van der Waals surface area contributed by atoms with Crippen LogP contribution in [0.2, 0.25) is 0 Å². The minimum absolute atomic E-state index is 0.0614. The van der Waals surface area contributed by atoms with Crippen molar-refractivity contribution in [2.75, 3.05) is 17.6 Å². The molecule has 2 amide bonds. The third-order valence-corrected chi connectivity index (χ3v) is 5.15. The van der Waals surface area contributed by atoms with Crippen LogP contribution in [0.5, 0.6) is 0 Å². The number of rotatable bonds is 9. The van der Waals surface area contributed by atoms with Gasteiger partial charge in [0.2, 0.25) is 11.8 Å². The summed E-state index contributed by atoms with van der Waals surface area (Å²) >= 11 is 1.06. The van der Waals surface area contributed by atoms with E-state index in [2.05, 4.69) is 20.8 Å². The summed E-state index contributed by atoms with van der Waals surface area (Å²) in [5, 5.41) is 11.4. The molecule has 1 heterocycles. The quantitative estimate of drug-likeness (QED) is 0.435. The van der Waals surface area contributed by atoms with E-state index in [0.717, 1.165) is 29.5 Å². The van der Waals surface area contributed by atoms with E-state index in [1.54, 1.807) is 0 Å². The van der Waals surface area contributed by atoms with Crippen molar-refractivity contribution in [2.45, 2.75) is 18.1 Å². The molecule has 8 nitrogen and oxygen atoms in total. The summed E-state index contributed by atoms with van der Waals surface area (Å²) in [6, 6.07) is 12.6. The zero-order valence-electron chi connectivity index (χ0n) is 16.2. The zero-order valence-corrected chi connectivity index (χ0v) is 17.0. The molecule has 0 bridgehead atoms. The number of carbonyl (C=O) groups excluding carboxylic acids is 2. The van der Waals surface area contributed by atoms with E-state index < -0.39 is 23.4 Å². The molecule has 0 saturated heterocycles. The predicted molar refractivity (Wildman–Crippen MR) is 112 cm³/mol. The second-order valence-electron chi connectivity index (χ2n) is 6.44. The molecular weight excluding hydrogens is 428 g/mol. The fourth-order valence-electron chi connectivity index (χ4n) is 2.64. The first-order chi connectivity index (χ1) is 14.9. The maximum Gasteiger partial charge on any atom is 0.343 e. The zero-order chi connectivity index (χ0) is 22.2. The van der Waals surface area contributed by atoms with Crippen LogP contribution >= 0.6 is 11.8 Å². The normalized spacial score (nSPS) is 10.6. The van der Waals surface area contributed by atoms with E-state index in [4.69, 9.17) is 0 Å². The maximum absolute atomic E-state index is 13.2. The largest absolute Gasteiger partial charge is 0.346 e. The van der Waals surface area contributed by atoms with Gasteiger partial charge in [0.05, 0.1) is 12.3 Å². The first kappa shape index (κ1) is 22.2. The van der Waals surface area contributed by atoms with Crippen LogP contribution < -0.4 is 16.3 Å². The van der Waals surface area contributed by atoms with Crippen molar-refractivity contribution in [3.8, 4) is 0 Å². The van der Waals surface area contributed by atoms with Gasteiger partial charge in [-0.05, 0) is 24.1 Å². The number of aromatic nitrogens is 3. The Kier molecular flexibility index (Phi) is 7.55. The summed E-state index contributed by atoms with van der Waals surface area (Å²) in [5.41, 5.74) is 0.771. The number of benzene rings is 2. The molecule has 2 aromatic carbocycles. The Morgan fingerprint density at radius 3 is 2.58 bits per heavy atom. The van der Waals surface area contributed by atoms with E-state index in [1.165, 1.54) is 10.6 Å². The molecule has 0 aliphatic heterocycles. The number of thioether (sulfide) groups is 1. The molecule has 0 fully saturated rings. The number of nitrogens with zero attached hydrogens (tertiary/aromatic N) is 2. The van der Waals surface area contributed by atoms with Gasteiger partial charge in [-0.2, -0.15) is 0 Å². The average molecular weight is 447 g/mol. The van der Waals surface area contributed by atoms with Crippen LogP contribution in [0.1, 0.15) is 5.56 Å². The van der Waals surface area contributed by atoms with Crippen LogP contribution in [0.4, 0.5) is 14.5 Å². The molecule has 3 N–H and O–H groups in total. The number of anilines is 1. The second-order valence-corrected chi connectivity index (χ2v) is 7.38. The highest BCUT2D eigenvalue weighted by Gasteiger charge is 2.13. The van der Waals surface area contributed by atoms with Crippen LogP contribution in [-0.2, 0) is 22.6 Å². The van der Waals surface area contributed by atoms with Crippen LogP contribution in [0.25, 0.3) is 0 Å². The summed E-state index contributed by atoms with van der Waals surface area (Å²) < 4.78 is 27.5. The van der Waals surface area contributed by atoms with E-state index in [-0.39, 0.29) is 23.7 Å². The molecule has 1 aromatic heterocycles. The van der Waals surface area contributed by atoms with Gasteiger partial charge in [0.25, 0.3) is 0 Å². The van der Waals surface area contributed by atoms with E-state index in [0.29, 0.717) is 18.1 Å². The molecule has 0 unspecified atom stereocenters. The van der Waals surface area contributed by atoms with E-state index in [1.807, 2.05) is 30.3 Å². The summed E-state index contributed by atoms with van der Waals surface area (Å²) in [4.78, 5) is 35.8. The lowest BCUT2D eigenvalue weighted by molar-refractivity contribution is -0.122. The van der Waals surface area contributed by atoms with Gasteiger partial charge in [0, 0.05) is 18.3 Å². The molecule has 0 aliphatic carbocycles. The fourth-order valence-corrected chi connectivity index (χ4v) is 3.44. The lowest BCUT2D eigenvalue weighted by Crippen LogP contribution is -2.34. The van der Waals surface area contributed by atoms with Crippen molar-refractivity contribution in [2.24, 2.45) is 0 Å². The molecule has 162 valence electrons. The van der Waals surface area contributed by atoms with Gasteiger partial charge in [-0.25, -0.2) is 18.7 Å². The molecule has 0 aliphatic rings. The second kappa shape index (κ2) is 10.5. The molecule has 3 rings (SSSR count). The Morgan fingerprint density at radius 1 is 1.06 bits per heavy atom. The van der Waals surface area contributed by atoms with Crippen molar-refractivity contribution in [3.05, 3.63) is 76.2 Å². The Bertz CT molecular complexity index is 1120. The molecule has 31 heavy (non-hydrogen) atoms. The van der Waals surface area contributed by atoms with Crippen molar-refractivity contribution < 1.29 is 18.4 Å². The fraction of sp³-hybridized carbons (Fsp3) is 0.200. The SMILES string of the molecule is O=C(CSc1n[nH]c(=O)n1CCc1ccccc1)NCC(=O)Nc1ccc(F)c(F)c1. The highest BCUT2D eigenvalue weighted by atomic mass is 32.2. The average Bonchev–Trinajstić information content (AvgIpc) is 3.12. The smallest absolute Gasteiger partial charge is 0.343 e. The van der Waals surface area contributed by atoms with Gasteiger partial charge < -0.3 is 10.6 Å². The lowest BCUT2D eigenvalue weighted by Gasteiger charge is -2.08. The number of aromatic amines is 1. The van der Waals surface area contributed by atoms with Crippen LogP contribution in [0.15, 0.2) is 58.5 Å². The summed E-state index contributed by atoms with van der Waals surface area (Å²) in [5.74, 6) is -3.22. The Morgan fingerprint density at radius 2 is 1.84 bits per heavy atom. The maximum atomic E-state index is 13.2. The third-order valence-electron chi connectivity index (χ3n) is 4.17. The summed E-state index contributed by atoms with van der Waals surface area (Å²) in [6.45, 7) is 0.0553. The molecule has 11 heteroatoms. The van der Waals surface area contributed by atoms with Gasteiger partial charge in [-0.1, -0.05) is 42.1 Å². The van der Waals surface area contributed by atoms with Crippen molar-refractivity contribution in [3.63, 3.8) is 0 Å². The number of hydrogen-bond acceptors (Lipinski definition) is 5. The highest BCUT2D eigenvalue weighted by molar-refractivity contribution is 7.99. The summed E-state index contributed by atoms with van der Waals surface area (Å²) in [6.07, 6.45) is 0.629. The predicted octanol–water partition coefficient (Wildman–Crippen LogP) is 1.94. The standard InChI is InChI=1S/C20H19F2N5O3S/c21-15-7-6-14(10-16(15)22)24-17(28)11-23-18(29)12-31-20-26-25-19(30)27(20)9-8-13-4-2-1-3-5-13/h1-7,10H,8-9,11-12H2,(H,23,29)(H,24,28)(H,25,30). The van der Waals surface area contributed by atoms with Crippen LogP contribution in [0, 0.1) is 11.6 Å². The number of hydrogen-bond donors (Lipinski definition) is 3. The number of H-pyrrole nitrogens is 1. The van der Waals surface area contributed by atoms with Gasteiger partial charge >= 0.3 is 5.69 Å². The number of aryl methyl sites for hydroxylation is 1. The molecule has 0 radical (unpaired) electrons. The third kappa shape index (κ3) is 6.51. The molecule has 0 atom stereocenters. The Hall–Kier alpha value is -3.47. The first-order valence-electron chi connectivity index (χ1n) is 9.26. The topological polar surface area (TPSA) is 109 Å². The summed E-state index contributed by atoms with van der Waals surface area (Å²) in [7, 11) is 0. The van der Waals surface area contributed by atoms with E-state index >= 15 is 0 Å². The Labute approximate surface area is 180 Å². The molecule has 3 aromatic rings. The lowest BCUT2D eigenvalue weighted by atomic mass is 10.1. The molecular formula is C20H19F2N5O3S. The highest BCUT2D eigenvalue weighted by Crippen LogP contribution is 2.14. The van der Waals surface area contributed by atoms with Crippen molar-refractivity contribution >= 4 is 29.3 Å². The number of halogens is 2. The van der Waals surface area contributed by atoms with Gasteiger partial charge in [-0.3, -0.25) is 14.2 Å². The van der Waals surface area contributed by atoms with Gasteiger partial charge in [0.1, 0.15) is 0 Å². The number of carbonyl (C=O) groups is 2. The number of amides is 2. The van der Waals surface area contributed by atoms with E-state index in [9.17, 15) is 23.2 Å². The molecule has 0 spiro atoms. The Balaban J connectivity index is 1.45. The minimum atomic E-state index is -1.09. The van der Waals surface area contributed by atoms with Crippen LogP contribution in [0.3, 0.4) is 0 Å². The van der Waals surface area contributed by atoms with Gasteiger partial charge in [-0.15, -0.1) is 5.10 Å². The molecule has 0 saturated carbocycles. The monoisotopic (exact) mass is 447 g/mol. The van der Waals surface area contributed by atoms with Crippen molar-refractivity contribution in [1.82, 2.24) is 20.1 Å².